The minimum Gasteiger partial charge on any atom is -0.478 e. The molecule has 2 N–H and O–H groups in total. The minimum atomic E-state index is -4.95. The van der Waals surface area contributed by atoms with E-state index in [0.717, 1.165) is 16.5 Å². The van der Waals surface area contributed by atoms with E-state index in [1.54, 1.807) is 12.1 Å². The van der Waals surface area contributed by atoms with E-state index in [0.29, 0.717) is 16.6 Å². The summed E-state index contributed by atoms with van der Waals surface area (Å²) in [4.78, 5) is 16.8. The fourth-order valence-electron chi connectivity index (χ4n) is 3.81. The van der Waals surface area contributed by atoms with Gasteiger partial charge in [-0.15, -0.1) is 13.2 Å². The minimum absolute atomic E-state index is 0.0111. The van der Waals surface area contributed by atoms with Crippen molar-refractivity contribution in [3.8, 4) is 16.9 Å². The lowest BCUT2D eigenvalue weighted by Crippen LogP contribution is -2.17. The summed E-state index contributed by atoms with van der Waals surface area (Å²) in [5.41, 5.74) is 2.32. The van der Waals surface area contributed by atoms with Crippen LogP contribution in [-0.2, 0) is 5.41 Å². The Morgan fingerprint density at radius 1 is 1.03 bits per heavy atom. The van der Waals surface area contributed by atoms with Crippen molar-refractivity contribution in [3.63, 3.8) is 0 Å². The van der Waals surface area contributed by atoms with Crippen molar-refractivity contribution in [3.05, 3.63) is 83.0 Å². The molecule has 37 heavy (non-hydrogen) atoms. The number of hydrogen-bond acceptors (Lipinski definition) is 5. The van der Waals surface area contributed by atoms with Crippen LogP contribution in [0, 0.1) is 0 Å². The van der Waals surface area contributed by atoms with E-state index in [1.807, 2.05) is 24.3 Å². The zero-order chi connectivity index (χ0) is 27.0. The number of ether oxygens (including phenoxy) is 1. The number of nitrogens with zero attached hydrogens (tertiary/aromatic N) is 1. The first-order valence-corrected chi connectivity index (χ1v) is 12.3. The van der Waals surface area contributed by atoms with E-state index in [-0.39, 0.29) is 27.1 Å². The van der Waals surface area contributed by atoms with Gasteiger partial charge in [-0.25, -0.2) is 4.79 Å². The van der Waals surface area contributed by atoms with E-state index >= 15 is 0 Å². The van der Waals surface area contributed by atoms with Gasteiger partial charge in [0.2, 0.25) is 0 Å². The highest BCUT2D eigenvalue weighted by atomic mass is 35.5. The normalized spacial score (nSPS) is 12.0. The molecule has 0 fully saturated rings. The summed E-state index contributed by atoms with van der Waals surface area (Å²) in [5, 5.41) is 9.71. The molecule has 0 aliphatic rings. The van der Waals surface area contributed by atoms with Crippen molar-refractivity contribution in [1.29, 1.82) is 0 Å². The number of anilines is 1. The third-order valence-corrected chi connectivity index (χ3v) is 6.81. The van der Waals surface area contributed by atoms with E-state index in [2.05, 4.69) is 35.2 Å². The first-order valence-electron chi connectivity index (χ1n) is 11.1. The van der Waals surface area contributed by atoms with Gasteiger partial charge in [-0.2, -0.15) is 0 Å². The Morgan fingerprint density at radius 3 is 2.35 bits per heavy atom. The average Bonchev–Trinajstić information content (AvgIpc) is 2.82. The van der Waals surface area contributed by atoms with E-state index < -0.39 is 18.1 Å². The van der Waals surface area contributed by atoms with Crippen LogP contribution in [-0.4, -0.2) is 22.4 Å². The Labute approximate surface area is 220 Å². The molecule has 0 atom stereocenters. The van der Waals surface area contributed by atoms with Crippen LogP contribution in [0.5, 0.6) is 5.75 Å². The summed E-state index contributed by atoms with van der Waals surface area (Å²) >= 11 is 7.76. The zero-order valence-electron chi connectivity index (χ0n) is 20.0. The standard InChI is InChI=1S/C27H22ClF3N2O3S/c1-26(2,3)15-6-8-16(9-7-15)37-33-20-12-13-21(36-27(29,30)31)23(28)22(20)17-10-11-19(25(34)35)24-18(17)5-4-14-32-24/h4-14,33H,1-3H3,(H,34,35). The quantitative estimate of drug-likeness (QED) is 0.236. The number of benzene rings is 3. The molecule has 0 radical (unpaired) electrons. The van der Waals surface area contributed by atoms with Crippen LogP contribution >= 0.6 is 23.5 Å². The van der Waals surface area contributed by atoms with Crippen LogP contribution in [0.2, 0.25) is 5.02 Å². The molecule has 192 valence electrons. The third kappa shape index (κ3) is 5.94. The van der Waals surface area contributed by atoms with E-state index in [1.165, 1.54) is 36.3 Å². The number of fused-ring (bicyclic) bond motifs is 1. The lowest BCUT2D eigenvalue weighted by Gasteiger charge is -2.20. The van der Waals surface area contributed by atoms with Crippen molar-refractivity contribution >= 4 is 46.1 Å². The summed E-state index contributed by atoms with van der Waals surface area (Å²) in [7, 11) is 0. The average molecular weight is 547 g/mol. The van der Waals surface area contributed by atoms with Gasteiger partial charge in [0, 0.05) is 22.0 Å². The number of carboxylic acid groups (broad SMARTS) is 1. The van der Waals surface area contributed by atoms with Crippen LogP contribution in [0.4, 0.5) is 18.9 Å². The molecule has 0 aliphatic carbocycles. The Hall–Kier alpha value is -3.43. The van der Waals surface area contributed by atoms with Gasteiger partial charge in [-0.1, -0.05) is 56.6 Å². The number of carboxylic acids is 1. The summed E-state index contributed by atoms with van der Waals surface area (Å²) in [6.07, 6.45) is -3.50. The first kappa shape index (κ1) is 26.6. The van der Waals surface area contributed by atoms with Crippen LogP contribution in [0.15, 0.2) is 71.8 Å². The molecular weight excluding hydrogens is 525 g/mol. The van der Waals surface area contributed by atoms with Crippen LogP contribution < -0.4 is 9.46 Å². The molecular formula is C27H22ClF3N2O3S. The fourth-order valence-corrected chi connectivity index (χ4v) is 4.78. The summed E-state index contributed by atoms with van der Waals surface area (Å²) in [5.74, 6) is -1.75. The Morgan fingerprint density at radius 2 is 1.73 bits per heavy atom. The summed E-state index contributed by atoms with van der Waals surface area (Å²) in [6, 6.07) is 16.6. The summed E-state index contributed by atoms with van der Waals surface area (Å²) < 4.78 is 46.5. The van der Waals surface area contributed by atoms with Gasteiger partial charge in [-0.3, -0.25) is 4.98 Å². The van der Waals surface area contributed by atoms with Crippen molar-refractivity contribution in [2.24, 2.45) is 0 Å². The molecule has 0 aliphatic heterocycles. The smallest absolute Gasteiger partial charge is 0.478 e. The maximum absolute atomic E-state index is 13.1. The number of rotatable bonds is 6. The van der Waals surface area contributed by atoms with Gasteiger partial charge in [0.25, 0.3) is 0 Å². The molecule has 10 heteroatoms. The molecule has 4 aromatic rings. The number of nitrogens with one attached hydrogen (secondary N) is 1. The maximum Gasteiger partial charge on any atom is 0.573 e. The van der Waals surface area contributed by atoms with Crippen LogP contribution in [0.1, 0.15) is 36.7 Å². The molecule has 0 unspecified atom stereocenters. The van der Waals surface area contributed by atoms with Crippen molar-refractivity contribution in [2.75, 3.05) is 4.72 Å². The second-order valence-electron chi connectivity index (χ2n) is 9.19. The number of alkyl halides is 3. The number of carbonyl (C=O) groups is 1. The molecule has 1 aromatic heterocycles. The molecule has 3 aromatic carbocycles. The first-order chi connectivity index (χ1) is 17.3. The molecule has 0 bridgehead atoms. The Bertz CT molecular complexity index is 1470. The topological polar surface area (TPSA) is 71.5 Å². The predicted octanol–water partition coefficient (Wildman–Crippen LogP) is 8.57. The lowest BCUT2D eigenvalue weighted by molar-refractivity contribution is -0.274. The Balaban J connectivity index is 1.82. The molecule has 0 saturated heterocycles. The third-order valence-electron chi connectivity index (χ3n) is 5.60. The van der Waals surface area contributed by atoms with Gasteiger partial charge in [0.05, 0.1) is 21.8 Å². The van der Waals surface area contributed by atoms with E-state index in [4.69, 9.17) is 11.6 Å². The molecule has 0 saturated carbocycles. The second-order valence-corrected chi connectivity index (χ2v) is 10.4. The number of aromatic carboxylic acids is 1. The van der Waals surface area contributed by atoms with Gasteiger partial charge in [-0.05, 0) is 64.9 Å². The maximum atomic E-state index is 13.1. The Kier molecular flexibility index (Phi) is 7.30. The van der Waals surface area contributed by atoms with Gasteiger partial charge < -0.3 is 14.6 Å². The highest BCUT2D eigenvalue weighted by Gasteiger charge is 2.33. The molecule has 1 heterocycles. The fraction of sp³-hybridized carbons (Fsp3) is 0.185. The van der Waals surface area contributed by atoms with Crippen molar-refractivity contribution < 1.29 is 27.8 Å². The molecule has 4 rings (SSSR count). The number of pyridine rings is 1. The number of aromatic nitrogens is 1. The van der Waals surface area contributed by atoms with Crippen LogP contribution in [0.3, 0.4) is 0 Å². The second kappa shape index (κ2) is 10.1. The zero-order valence-corrected chi connectivity index (χ0v) is 21.6. The highest BCUT2D eigenvalue weighted by molar-refractivity contribution is 8.00. The van der Waals surface area contributed by atoms with Gasteiger partial charge in [0.15, 0.2) is 0 Å². The van der Waals surface area contributed by atoms with E-state index in [9.17, 15) is 23.1 Å². The SMILES string of the molecule is CC(C)(C)c1ccc(SNc2ccc(OC(F)(F)F)c(Cl)c2-c2ccc(C(=O)O)c3ncccc23)cc1. The predicted molar refractivity (Wildman–Crippen MR) is 140 cm³/mol. The highest BCUT2D eigenvalue weighted by Crippen LogP contribution is 2.46. The largest absolute Gasteiger partial charge is 0.573 e. The summed E-state index contributed by atoms with van der Waals surface area (Å²) in [6.45, 7) is 6.34. The van der Waals surface area contributed by atoms with Gasteiger partial charge >= 0.3 is 12.3 Å². The molecule has 5 nitrogen and oxygen atoms in total. The molecule has 0 spiro atoms. The van der Waals surface area contributed by atoms with Gasteiger partial charge in [0.1, 0.15) is 5.75 Å². The van der Waals surface area contributed by atoms with Crippen LogP contribution in [0.25, 0.3) is 22.0 Å². The number of hydrogen-bond donors (Lipinski definition) is 2. The molecule has 0 amide bonds. The number of halogens is 4. The lowest BCUT2D eigenvalue weighted by atomic mass is 9.87. The monoisotopic (exact) mass is 546 g/mol. The van der Waals surface area contributed by atoms with Crippen molar-refractivity contribution in [2.45, 2.75) is 37.4 Å². The van der Waals surface area contributed by atoms with Crippen molar-refractivity contribution in [1.82, 2.24) is 4.98 Å².